The molecular weight excluding hydrogens is 288 g/mol. The van der Waals surface area contributed by atoms with Crippen molar-refractivity contribution in [3.05, 3.63) is 45.4 Å². The van der Waals surface area contributed by atoms with Crippen molar-refractivity contribution in [3.63, 3.8) is 0 Å². The summed E-state index contributed by atoms with van der Waals surface area (Å²) in [5.41, 5.74) is -0.288. The van der Waals surface area contributed by atoms with Crippen LogP contribution >= 0.6 is 15.9 Å². The number of hydrogen-bond donors (Lipinski definition) is 1. The van der Waals surface area contributed by atoms with E-state index in [1.54, 1.807) is 31.4 Å². The maximum Gasteiger partial charge on any atom is 0.268 e. The Morgan fingerprint density at radius 3 is 2.53 bits per heavy atom. The van der Waals surface area contributed by atoms with Gasteiger partial charge in [0.15, 0.2) is 0 Å². The highest BCUT2D eigenvalue weighted by molar-refractivity contribution is 9.10. The van der Waals surface area contributed by atoms with Gasteiger partial charge in [0, 0.05) is 0 Å². The predicted octanol–water partition coefficient (Wildman–Crippen LogP) is 2.33. The summed E-state index contributed by atoms with van der Waals surface area (Å²) in [6, 6.07) is 6.98. The molecule has 0 bridgehead atoms. The molecule has 0 fully saturated rings. The molecule has 2 rings (SSSR count). The van der Waals surface area contributed by atoms with Crippen LogP contribution in [0, 0.1) is 0 Å². The van der Waals surface area contributed by atoms with Gasteiger partial charge in [0.05, 0.1) is 13.4 Å². The highest BCUT2D eigenvalue weighted by Gasteiger charge is 2.07. The Labute approximate surface area is 106 Å². The molecule has 0 unspecified atom stereocenters. The fourth-order valence-corrected chi connectivity index (χ4v) is 1.49. The monoisotopic (exact) mass is 296 g/mol. The van der Waals surface area contributed by atoms with Crippen LogP contribution in [0.5, 0.6) is 17.4 Å². The van der Waals surface area contributed by atoms with Crippen LogP contribution in [0.1, 0.15) is 0 Å². The van der Waals surface area contributed by atoms with Crippen LogP contribution in [0.4, 0.5) is 0 Å². The molecule has 1 heterocycles. The van der Waals surface area contributed by atoms with Crippen LogP contribution in [0.2, 0.25) is 0 Å². The van der Waals surface area contributed by atoms with Crippen molar-refractivity contribution in [1.82, 2.24) is 9.97 Å². The van der Waals surface area contributed by atoms with Crippen LogP contribution in [-0.2, 0) is 0 Å². The second-order valence-electron chi connectivity index (χ2n) is 3.13. The number of benzene rings is 1. The molecule has 6 heteroatoms. The van der Waals surface area contributed by atoms with Gasteiger partial charge >= 0.3 is 0 Å². The molecule has 0 aliphatic heterocycles. The summed E-state index contributed by atoms with van der Waals surface area (Å²) in [6.45, 7) is 0. The van der Waals surface area contributed by atoms with Crippen LogP contribution in [0.15, 0.2) is 39.9 Å². The Balaban J connectivity index is 2.25. The van der Waals surface area contributed by atoms with Gasteiger partial charge in [-0.05, 0) is 40.2 Å². The van der Waals surface area contributed by atoms with E-state index in [9.17, 15) is 4.79 Å². The maximum atomic E-state index is 11.3. The molecule has 0 atom stereocenters. The van der Waals surface area contributed by atoms with Crippen molar-refractivity contribution in [2.24, 2.45) is 0 Å². The van der Waals surface area contributed by atoms with Crippen LogP contribution in [-0.4, -0.2) is 17.1 Å². The van der Waals surface area contributed by atoms with Crippen molar-refractivity contribution >= 4 is 15.9 Å². The largest absolute Gasteiger partial charge is 0.497 e. The second kappa shape index (κ2) is 5.01. The Morgan fingerprint density at radius 2 is 1.88 bits per heavy atom. The first-order chi connectivity index (χ1) is 8.20. The molecule has 0 aliphatic rings. The first-order valence-corrected chi connectivity index (χ1v) is 5.55. The number of methoxy groups -OCH3 is 1. The molecule has 0 saturated heterocycles. The molecule has 1 N–H and O–H groups in total. The lowest BCUT2D eigenvalue weighted by Crippen LogP contribution is -2.08. The van der Waals surface area contributed by atoms with E-state index in [4.69, 9.17) is 9.47 Å². The minimum atomic E-state index is -0.288. The van der Waals surface area contributed by atoms with Crippen LogP contribution in [0.3, 0.4) is 0 Å². The Bertz CT molecular complexity index is 566. The molecule has 0 saturated carbocycles. The first-order valence-electron chi connectivity index (χ1n) is 4.76. The maximum absolute atomic E-state index is 11.3. The number of nitrogens with one attached hydrogen (secondary N) is 1. The minimum Gasteiger partial charge on any atom is -0.497 e. The highest BCUT2D eigenvalue weighted by atomic mass is 79.9. The van der Waals surface area contributed by atoms with Gasteiger partial charge in [-0.2, -0.15) is 0 Å². The van der Waals surface area contributed by atoms with E-state index in [0.29, 0.717) is 5.75 Å². The molecule has 88 valence electrons. The minimum absolute atomic E-state index is 0.221. The average Bonchev–Trinajstić information content (AvgIpc) is 2.36. The van der Waals surface area contributed by atoms with Gasteiger partial charge in [-0.25, -0.2) is 4.98 Å². The SMILES string of the molecule is COc1ccc(Oc2nc[nH]c(=O)c2Br)cc1. The standard InChI is InChI=1S/C11H9BrN2O3/c1-16-7-2-4-8(5-3-7)17-11-9(12)10(15)13-6-14-11/h2-6H,1H3,(H,13,14,15). The lowest BCUT2D eigenvalue weighted by Gasteiger charge is -2.06. The number of rotatable bonds is 3. The quantitative estimate of drug-likeness (QED) is 0.944. The zero-order chi connectivity index (χ0) is 12.3. The zero-order valence-electron chi connectivity index (χ0n) is 8.94. The van der Waals surface area contributed by atoms with E-state index in [-0.39, 0.29) is 15.9 Å². The van der Waals surface area contributed by atoms with Gasteiger partial charge in [0.2, 0.25) is 5.88 Å². The Kier molecular flexibility index (Phi) is 3.43. The second-order valence-corrected chi connectivity index (χ2v) is 3.92. The Hall–Kier alpha value is -1.82. The number of H-pyrrole nitrogens is 1. The van der Waals surface area contributed by atoms with Crippen molar-refractivity contribution in [2.75, 3.05) is 7.11 Å². The third kappa shape index (κ3) is 2.65. The van der Waals surface area contributed by atoms with Crippen LogP contribution < -0.4 is 15.0 Å². The van der Waals surface area contributed by atoms with E-state index in [2.05, 4.69) is 25.9 Å². The molecular formula is C11H9BrN2O3. The zero-order valence-corrected chi connectivity index (χ0v) is 10.5. The highest BCUT2D eigenvalue weighted by Crippen LogP contribution is 2.25. The molecule has 17 heavy (non-hydrogen) atoms. The molecule has 2 aromatic rings. The fraction of sp³-hybridized carbons (Fsp3) is 0.0909. The van der Waals surface area contributed by atoms with Crippen LogP contribution in [0.25, 0.3) is 0 Å². The molecule has 1 aromatic carbocycles. The molecule has 1 aromatic heterocycles. The number of hydrogen-bond acceptors (Lipinski definition) is 4. The molecule has 0 radical (unpaired) electrons. The van der Waals surface area contributed by atoms with Gasteiger partial charge in [-0.15, -0.1) is 0 Å². The summed E-state index contributed by atoms with van der Waals surface area (Å²) in [7, 11) is 1.59. The van der Waals surface area contributed by atoms with Crippen molar-refractivity contribution in [2.45, 2.75) is 0 Å². The third-order valence-corrected chi connectivity index (χ3v) is 2.74. The number of halogens is 1. The molecule has 5 nitrogen and oxygen atoms in total. The van der Waals surface area contributed by atoms with E-state index >= 15 is 0 Å². The van der Waals surface area contributed by atoms with Gasteiger partial charge < -0.3 is 14.5 Å². The lowest BCUT2D eigenvalue weighted by atomic mass is 10.3. The number of aromatic nitrogens is 2. The number of nitrogens with zero attached hydrogens (tertiary/aromatic N) is 1. The predicted molar refractivity (Wildman–Crippen MR) is 65.6 cm³/mol. The molecule has 0 spiro atoms. The lowest BCUT2D eigenvalue weighted by molar-refractivity contribution is 0.412. The summed E-state index contributed by atoms with van der Waals surface area (Å²) in [5.74, 6) is 1.53. The van der Waals surface area contributed by atoms with Gasteiger partial charge in [-0.3, -0.25) is 4.79 Å². The topological polar surface area (TPSA) is 64.2 Å². The number of aromatic amines is 1. The molecule has 0 amide bonds. The van der Waals surface area contributed by atoms with E-state index in [1.165, 1.54) is 6.33 Å². The Morgan fingerprint density at radius 1 is 1.24 bits per heavy atom. The van der Waals surface area contributed by atoms with Crippen molar-refractivity contribution < 1.29 is 9.47 Å². The van der Waals surface area contributed by atoms with Crippen molar-refractivity contribution in [3.8, 4) is 17.4 Å². The summed E-state index contributed by atoms with van der Waals surface area (Å²) in [5, 5.41) is 0. The molecule has 0 aliphatic carbocycles. The third-order valence-electron chi connectivity index (χ3n) is 2.04. The van der Waals surface area contributed by atoms with E-state index in [0.717, 1.165) is 5.75 Å². The van der Waals surface area contributed by atoms with E-state index < -0.39 is 0 Å². The van der Waals surface area contributed by atoms with Gasteiger partial charge in [-0.1, -0.05) is 0 Å². The normalized spacial score (nSPS) is 10.0. The summed E-state index contributed by atoms with van der Waals surface area (Å²) in [6.07, 6.45) is 1.28. The smallest absolute Gasteiger partial charge is 0.268 e. The van der Waals surface area contributed by atoms with Gasteiger partial charge in [0.1, 0.15) is 16.0 Å². The summed E-state index contributed by atoms with van der Waals surface area (Å²) < 4.78 is 10.7. The van der Waals surface area contributed by atoms with E-state index in [1.807, 2.05) is 0 Å². The number of ether oxygens (including phenoxy) is 2. The summed E-state index contributed by atoms with van der Waals surface area (Å²) >= 11 is 3.11. The van der Waals surface area contributed by atoms with Crippen molar-refractivity contribution in [1.29, 1.82) is 0 Å². The summed E-state index contributed by atoms with van der Waals surface area (Å²) in [4.78, 5) is 17.6. The average molecular weight is 297 g/mol. The first kappa shape index (κ1) is 11.7. The fourth-order valence-electron chi connectivity index (χ4n) is 1.19. The van der Waals surface area contributed by atoms with Gasteiger partial charge in [0.25, 0.3) is 5.56 Å².